The van der Waals surface area contributed by atoms with Crippen molar-refractivity contribution in [2.24, 2.45) is 0 Å². The number of aryl methyl sites for hydroxylation is 1. The van der Waals surface area contributed by atoms with Crippen LogP contribution in [0, 0.1) is 0 Å². The quantitative estimate of drug-likeness (QED) is 0.717. The number of imidazole rings is 1. The van der Waals surface area contributed by atoms with E-state index in [9.17, 15) is 4.79 Å². The maximum Gasteiger partial charge on any atom is 0.314 e. The summed E-state index contributed by atoms with van der Waals surface area (Å²) in [5.74, 6) is 0. The minimum Gasteiger partial charge on any atom is -0.373 e. The number of hydrogen-bond donors (Lipinski definition) is 2. The number of carbonyl (C=O) groups excluding carboxylic acids is 1. The van der Waals surface area contributed by atoms with Crippen LogP contribution in [0.5, 0.6) is 0 Å². The van der Waals surface area contributed by atoms with Gasteiger partial charge in [-0.05, 0) is 46.2 Å². The van der Waals surface area contributed by atoms with Crippen molar-refractivity contribution in [3.05, 3.63) is 30.6 Å². The number of aromatic nitrogens is 2. The number of morpholine rings is 1. The molecule has 2 N–H and O–H groups in total. The van der Waals surface area contributed by atoms with Crippen LogP contribution in [0.3, 0.4) is 0 Å². The van der Waals surface area contributed by atoms with E-state index in [4.69, 9.17) is 4.74 Å². The first-order chi connectivity index (χ1) is 13.3. The number of fused-ring (bicyclic) bond motifs is 1. The molecule has 1 saturated heterocycles. The molecule has 1 aliphatic rings. The van der Waals surface area contributed by atoms with Crippen molar-refractivity contribution >= 4 is 17.1 Å². The molecule has 0 bridgehead atoms. The van der Waals surface area contributed by atoms with Gasteiger partial charge in [0.15, 0.2) is 0 Å². The molecular weight excluding hydrogens is 354 g/mol. The second-order valence-electron chi connectivity index (χ2n) is 8.36. The van der Waals surface area contributed by atoms with E-state index in [1.165, 1.54) is 0 Å². The Morgan fingerprint density at radius 1 is 1.21 bits per heavy atom. The van der Waals surface area contributed by atoms with Crippen LogP contribution in [0.2, 0.25) is 0 Å². The fraction of sp³-hybridized carbons (Fsp3) is 0.619. The average Bonchev–Trinajstić information content (AvgIpc) is 3.06. The first-order valence-electron chi connectivity index (χ1n) is 10.2. The van der Waals surface area contributed by atoms with Gasteiger partial charge < -0.3 is 19.9 Å². The highest BCUT2D eigenvalue weighted by Crippen LogP contribution is 2.20. The van der Waals surface area contributed by atoms with Gasteiger partial charge in [-0.3, -0.25) is 4.90 Å². The predicted octanol–water partition coefficient (Wildman–Crippen LogP) is 2.61. The Kier molecular flexibility index (Phi) is 6.57. The summed E-state index contributed by atoms with van der Waals surface area (Å²) in [6, 6.07) is 7.97. The molecule has 2 atom stereocenters. The fourth-order valence-corrected chi connectivity index (χ4v) is 3.78. The molecule has 0 aliphatic carbocycles. The molecule has 0 unspecified atom stereocenters. The van der Waals surface area contributed by atoms with Crippen LogP contribution in [-0.4, -0.2) is 64.4 Å². The van der Waals surface area contributed by atoms with Gasteiger partial charge in [0.2, 0.25) is 0 Å². The van der Waals surface area contributed by atoms with Crippen molar-refractivity contribution in [2.45, 2.75) is 58.4 Å². The zero-order valence-electron chi connectivity index (χ0n) is 17.4. The summed E-state index contributed by atoms with van der Waals surface area (Å²) in [4.78, 5) is 19.0. The average molecular weight is 388 g/mol. The normalized spacial score (nSPS) is 21.0. The predicted molar refractivity (Wildman–Crippen MR) is 111 cm³/mol. The van der Waals surface area contributed by atoms with Crippen LogP contribution >= 0.6 is 0 Å². The summed E-state index contributed by atoms with van der Waals surface area (Å²) in [6.45, 7) is 12.4. The number of ether oxygens (including phenoxy) is 1. The molecule has 0 saturated carbocycles. The maximum atomic E-state index is 12.2. The van der Waals surface area contributed by atoms with E-state index < -0.39 is 0 Å². The molecule has 1 aromatic heterocycles. The standard InChI is InChI=1S/C21H33N5O2/c1-16-12-26(13-17(2)28-16)21(3,4)14-23-20(27)22-10-7-11-25-15-24-18-8-5-6-9-19(18)25/h5-6,8-9,15-17H,7,10-14H2,1-4H3,(H2,22,23,27)/t16-,17+. The second-order valence-corrected chi connectivity index (χ2v) is 8.36. The lowest BCUT2D eigenvalue weighted by molar-refractivity contribution is -0.0947. The molecule has 2 heterocycles. The van der Waals surface area contributed by atoms with E-state index >= 15 is 0 Å². The zero-order chi connectivity index (χ0) is 20.1. The Bertz CT molecular complexity index is 778. The molecule has 1 fully saturated rings. The molecule has 28 heavy (non-hydrogen) atoms. The molecule has 1 aliphatic heterocycles. The summed E-state index contributed by atoms with van der Waals surface area (Å²) in [5.41, 5.74) is 2.02. The number of amides is 2. The van der Waals surface area contributed by atoms with Crippen molar-refractivity contribution in [1.82, 2.24) is 25.1 Å². The molecule has 7 nitrogen and oxygen atoms in total. The largest absolute Gasteiger partial charge is 0.373 e. The topological polar surface area (TPSA) is 71.4 Å². The number of rotatable bonds is 7. The number of para-hydroxylation sites is 2. The number of nitrogens with zero attached hydrogens (tertiary/aromatic N) is 3. The Balaban J connectivity index is 1.38. The third-order valence-corrected chi connectivity index (χ3v) is 5.35. The number of nitrogens with one attached hydrogen (secondary N) is 2. The molecule has 1 aromatic carbocycles. The molecule has 0 radical (unpaired) electrons. The molecule has 2 amide bonds. The summed E-state index contributed by atoms with van der Waals surface area (Å²) in [5, 5.41) is 5.98. The minimum absolute atomic E-state index is 0.112. The first-order valence-corrected chi connectivity index (χ1v) is 10.2. The van der Waals surface area contributed by atoms with Crippen molar-refractivity contribution in [2.75, 3.05) is 26.2 Å². The lowest BCUT2D eigenvalue weighted by atomic mass is 10.0. The monoisotopic (exact) mass is 387 g/mol. The van der Waals surface area contributed by atoms with E-state index in [-0.39, 0.29) is 23.8 Å². The minimum atomic E-state index is -0.113. The van der Waals surface area contributed by atoms with E-state index in [1.54, 1.807) is 0 Å². The summed E-state index contributed by atoms with van der Waals surface area (Å²) in [6.07, 6.45) is 3.15. The molecule has 0 spiro atoms. The van der Waals surface area contributed by atoms with Gasteiger partial charge in [-0.15, -0.1) is 0 Å². The van der Waals surface area contributed by atoms with E-state index in [0.717, 1.165) is 37.1 Å². The van der Waals surface area contributed by atoms with Gasteiger partial charge >= 0.3 is 6.03 Å². The van der Waals surface area contributed by atoms with Crippen LogP contribution in [0.25, 0.3) is 11.0 Å². The van der Waals surface area contributed by atoms with Crippen molar-refractivity contribution in [3.8, 4) is 0 Å². The Morgan fingerprint density at radius 2 is 1.93 bits per heavy atom. The third kappa shape index (κ3) is 5.23. The van der Waals surface area contributed by atoms with Crippen LogP contribution in [-0.2, 0) is 11.3 Å². The maximum absolute atomic E-state index is 12.2. The lowest BCUT2D eigenvalue weighted by Gasteiger charge is -2.45. The second kappa shape index (κ2) is 8.92. The molecule has 3 rings (SSSR count). The van der Waals surface area contributed by atoms with Crippen molar-refractivity contribution in [1.29, 1.82) is 0 Å². The fourth-order valence-electron chi connectivity index (χ4n) is 3.78. The summed E-state index contributed by atoms with van der Waals surface area (Å²) >= 11 is 0. The van der Waals surface area contributed by atoms with Crippen molar-refractivity contribution < 1.29 is 9.53 Å². The molecular formula is C21H33N5O2. The van der Waals surface area contributed by atoms with Crippen LogP contribution in [0.4, 0.5) is 4.79 Å². The first kappa shape index (κ1) is 20.6. The number of benzene rings is 1. The van der Waals surface area contributed by atoms with Gasteiger partial charge in [0.1, 0.15) is 0 Å². The number of urea groups is 1. The Hall–Kier alpha value is -2.12. The number of hydrogen-bond acceptors (Lipinski definition) is 4. The SMILES string of the molecule is C[C@@H]1CN(C(C)(C)CNC(=O)NCCCn2cnc3ccccc32)C[C@H](C)O1. The number of carbonyl (C=O) groups is 1. The van der Waals surface area contributed by atoms with E-state index in [1.807, 2.05) is 24.5 Å². The van der Waals surface area contributed by atoms with Crippen LogP contribution < -0.4 is 10.6 Å². The smallest absolute Gasteiger partial charge is 0.314 e. The highest BCUT2D eigenvalue weighted by molar-refractivity contribution is 5.75. The molecule has 154 valence electrons. The lowest BCUT2D eigenvalue weighted by Crippen LogP contribution is -2.59. The third-order valence-electron chi connectivity index (χ3n) is 5.35. The van der Waals surface area contributed by atoms with Crippen molar-refractivity contribution in [3.63, 3.8) is 0 Å². The van der Waals surface area contributed by atoms with Crippen LogP contribution in [0.1, 0.15) is 34.1 Å². The van der Waals surface area contributed by atoms with E-state index in [2.05, 4.69) is 58.8 Å². The highest BCUT2D eigenvalue weighted by atomic mass is 16.5. The van der Waals surface area contributed by atoms with Gasteiger partial charge in [0.25, 0.3) is 0 Å². The van der Waals surface area contributed by atoms with Gasteiger partial charge in [-0.25, -0.2) is 9.78 Å². The zero-order valence-corrected chi connectivity index (χ0v) is 17.4. The van der Waals surface area contributed by atoms with Gasteiger partial charge in [0, 0.05) is 38.3 Å². The Labute approximate surface area is 167 Å². The van der Waals surface area contributed by atoms with Crippen LogP contribution in [0.15, 0.2) is 30.6 Å². The molecule has 2 aromatic rings. The Morgan fingerprint density at radius 3 is 2.68 bits per heavy atom. The molecule has 7 heteroatoms. The van der Waals surface area contributed by atoms with Gasteiger partial charge in [0.05, 0.1) is 29.6 Å². The summed E-state index contributed by atoms with van der Waals surface area (Å²) < 4.78 is 7.94. The van der Waals surface area contributed by atoms with E-state index in [0.29, 0.717) is 13.1 Å². The van der Waals surface area contributed by atoms with Gasteiger partial charge in [-0.1, -0.05) is 12.1 Å². The van der Waals surface area contributed by atoms with Gasteiger partial charge in [-0.2, -0.15) is 0 Å². The highest BCUT2D eigenvalue weighted by Gasteiger charge is 2.33. The summed E-state index contributed by atoms with van der Waals surface area (Å²) in [7, 11) is 0.